The molecule has 4 nitrogen and oxygen atoms in total. The molecule has 0 saturated carbocycles. The minimum absolute atomic E-state index is 0.0242. The smallest absolute Gasteiger partial charge is 0.313 e. The number of rotatable bonds is 4. The summed E-state index contributed by atoms with van der Waals surface area (Å²) in [4.78, 5) is 14.4. The van der Waals surface area contributed by atoms with E-state index in [1.807, 2.05) is 0 Å². The zero-order chi connectivity index (χ0) is 11.5. The normalized spacial score (nSPS) is 10.8. The van der Waals surface area contributed by atoms with Crippen LogP contribution >= 0.6 is 11.8 Å². The van der Waals surface area contributed by atoms with E-state index in [4.69, 9.17) is 5.11 Å². The molecule has 0 atom stereocenters. The third-order valence-corrected chi connectivity index (χ3v) is 2.91. The molecule has 2 rings (SSSR count). The van der Waals surface area contributed by atoms with Gasteiger partial charge < -0.3 is 9.51 Å². The number of imidazole rings is 1. The molecule has 2 aromatic heterocycles. The largest absolute Gasteiger partial charge is 0.481 e. The zero-order valence-electron chi connectivity index (χ0n) is 8.26. The summed E-state index contributed by atoms with van der Waals surface area (Å²) in [6.45, 7) is 0. The molecule has 6 heteroatoms. The number of pyridine rings is 1. The summed E-state index contributed by atoms with van der Waals surface area (Å²) in [5.74, 6) is -0.749. The fourth-order valence-corrected chi connectivity index (χ4v) is 1.97. The Balaban J connectivity index is 2.14. The van der Waals surface area contributed by atoms with Gasteiger partial charge >= 0.3 is 5.97 Å². The van der Waals surface area contributed by atoms with Gasteiger partial charge in [-0.1, -0.05) is 0 Å². The molecule has 0 bridgehead atoms. The highest BCUT2D eigenvalue weighted by atomic mass is 32.2. The lowest BCUT2D eigenvalue weighted by molar-refractivity contribution is -0.133. The van der Waals surface area contributed by atoms with Crippen LogP contribution in [0.2, 0.25) is 0 Å². The molecule has 0 radical (unpaired) electrons. The van der Waals surface area contributed by atoms with Crippen molar-refractivity contribution in [3.63, 3.8) is 0 Å². The van der Waals surface area contributed by atoms with Crippen molar-refractivity contribution >= 4 is 23.4 Å². The van der Waals surface area contributed by atoms with E-state index < -0.39 is 5.97 Å². The molecule has 0 aromatic carbocycles. The lowest BCUT2D eigenvalue weighted by atomic mass is 10.4. The van der Waals surface area contributed by atoms with E-state index in [0.717, 1.165) is 0 Å². The summed E-state index contributed by atoms with van der Waals surface area (Å²) in [7, 11) is 0. The summed E-state index contributed by atoms with van der Waals surface area (Å²) in [6, 6.07) is 2.94. The van der Waals surface area contributed by atoms with Crippen LogP contribution in [0, 0.1) is 5.82 Å². The maximum Gasteiger partial charge on any atom is 0.313 e. The third kappa shape index (κ3) is 2.33. The molecule has 0 spiro atoms. The van der Waals surface area contributed by atoms with Gasteiger partial charge in [0.05, 0.1) is 11.4 Å². The number of thioether (sulfide) groups is 1. The van der Waals surface area contributed by atoms with E-state index in [1.54, 1.807) is 22.9 Å². The Morgan fingerprint density at radius 3 is 3.12 bits per heavy atom. The molecule has 2 aromatic rings. The van der Waals surface area contributed by atoms with Crippen molar-refractivity contribution in [2.24, 2.45) is 0 Å². The molecule has 0 saturated heterocycles. The SMILES string of the molecule is O=C(O)CSCc1cn2cccc(F)c2n1. The van der Waals surface area contributed by atoms with E-state index in [-0.39, 0.29) is 17.2 Å². The Morgan fingerprint density at radius 1 is 1.62 bits per heavy atom. The van der Waals surface area contributed by atoms with E-state index in [2.05, 4.69) is 4.98 Å². The number of carboxylic acids is 1. The molecule has 0 unspecified atom stereocenters. The van der Waals surface area contributed by atoms with Crippen molar-refractivity contribution in [2.45, 2.75) is 5.75 Å². The second-order valence-corrected chi connectivity index (χ2v) is 4.19. The molecule has 0 aliphatic heterocycles. The number of hydrogen-bond donors (Lipinski definition) is 1. The van der Waals surface area contributed by atoms with Crippen LogP contribution in [0.4, 0.5) is 4.39 Å². The standard InChI is InChI=1S/C10H9FN2O2S/c11-8-2-1-3-13-4-7(12-10(8)13)5-16-6-9(14)15/h1-4H,5-6H2,(H,14,15). The highest BCUT2D eigenvalue weighted by Crippen LogP contribution is 2.14. The van der Waals surface area contributed by atoms with Crippen molar-refractivity contribution in [3.8, 4) is 0 Å². The summed E-state index contributed by atoms with van der Waals surface area (Å²) >= 11 is 1.24. The van der Waals surface area contributed by atoms with E-state index in [1.165, 1.54) is 17.8 Å². The zero-order valence-corrected chi connectivity index (χ0v) is 9.08. The third-order valence-electron chi connectivity index (χ3n) is 1.96. The molecule has 0 aliphatic rings. The molecule has 84 valence electrons. The Hall–Kier alpha value is -1.56. The summed E-state index contributed by atoms with van der Waals surface area (Å²) < 4.78 is 14.9. The van der Waals surface area contributed by atoms with Gasteiger partial charge in [0.1, 0.15) is 0 Å². The van der Waals surface area contributed by atoms with Gasteiger partial charge in [-0.05, 0) is 12.1 Å². The number of nitrogens with zero attached hydrogens (tertiary/aromatic N) is 2. The van der Waals surface area contributed by atoms with Gasteiger partial charge in [0.15, 0.2) is 11.5 Å². The van der Waals surface area contributed by atoms with Crippen LogP contribution in [0.5, 0.6) is 0 Å². The van der Waals surface area contributed by atoms with Crippen LogP contribution in [0.1, 0.15) is 5.69 Å². The Kier molecular flexibility index (Phi) is 3.09. The maximum absolute atomic E-state index is 13.3. The van der Waals surface area contributed by atoms with Crippen LogP contribution in [-0.4, -0.2) is 26.2 Å². The number of halogens is 1. The van der Waals surface area contributed by atoms with Crippen LogP contribution in [0.15, 0.2) is 24.5 Å². The van der Waals surface area contributed by atoms with Gasteiger partial charge in [-0.25, -0.2) is 9.37 Å². The van der Waals surface area contributed by atoms with Crippen molar-refractivity contribution in [3.05, 3.63) is 36.0 Å². The Labute approximate surface area is 95.1 Å². The Bertz CT molecular complexity index is 527. The predicted molar refractivity (Wildman–Crippen MR) is 58.9 cm³/mol. The minimum Gasteiger partial charge on any atom is -0.481 e. The van der Waals surface area contributed by atoms with E-state index in [9.17, 15) is 9.18 Å². The molecular weight excluding hydrogens is 231 g/mol. The highest BCUT2D eigenvalue weighted by Gasteiger charge is 2.06. The fourth-order valence-electron chi connectivity index (χ4n) is 1.34. The van der Waals surface area contributed by atoms with Crippen LogP contribution in [0.25, 0.3) is 5.65 Å². The second kappa shape index (κ2) is 4.52. The quantitative estimate of drug-likeness (QED) is 0.885. The first-order valence-electron chi connectivity index (χ1n) is 4.58. The van der Waals surface area contributed by atoms with Gasteiger partial charge in [-0.3, -0.25) is 4.79 Å². The molecular formula is C10H9FN2O2S. The number of aliphatic carboxylic acids is 1. The average Bonchev–Trinajstić information content (AvgIpc) is 2.61. The van der Waals surface area contributed by atoms with Crippen LogP contribution < -0.4 is 0 Å². The molecule has 0 fully saturated rings. The first-order chi connectivity index (χ1) is 7.66. The maximum atomic E-state index is 13.3. The number of aromatic nitrogens is 2. The minimum atomic E-state index is -0.861. The van der Waals surface area contributed by atoms with Crippen molar-refractivity contribution in [1.82, 2.24) is 9.38 Å². The summed E-state index contributed by atoms with van der Waals surface area (Å²) in [5.41, 5.74) is 0.949. The molecule has 16 heavy (non-hydrogen) atoms. The van der Waals surface area contributed by atoms with Crippen LogP contribution in [0.3, 0.4) is 0 Å². The Morgan fingerprint density at radius 2 is 2.44 bits per heavy atom. The summed E-state index contributed by atoms with van der Waals surface area (Å²) in [6.07, 6.45) is 3.41. The molecule has 0 amide bonds. The van der Waals surface area contributed by atoms with Gasteiger partial charge in [0, 0.05) is 18.1 Å². The molecule has 0 aliphatic carbocycles. The van der Waals surface area contributed by atoms with Gasteiger partial charge in [-0.15, -0.1) is 11.8 Å². The van der Waals surface area contributed by atoms with Gasteiger partial charge in [0.2, 0.25) is 0 Å². The van der Waals surface area contributed by atoms with Crippen molar-refractivity contribution in [1.29, 1.82) is 0 Å². The lowest BCUT2D eigenvalue weighted by Gasteiger charge is -1.92. The van der Waals surface area contributed by atoms with Crippen molar-refractivity contribution in [2.75, 3.05) is 5.75 Å². The van der Waals surface area contributed by atoms with Crippen molar-refractivity contribution < 1.29 is 14.3 Å². The number of carbonyl (C=O) groups is 1. The highest BCUT2D eigenvalue weighted by molar-refractivity contribution is 7.99. The predicted octanol–water partition coefficient (Wildman–Crippen LogP) is 1.79. The van der Waals surface area contributed by atoms with Gasteiger partial charge in [0.25, 0.3) is 0 Å². The molecule has 1 N–H and O–H groups in total. The average molecular weight is 240 g/mol. The monoisotopic (exact) mass is 240 g/mol. The summed E-state index contributed by atoms with van der Waals surface area (Å²) in [5, 5.41) is 8.47. The first-order valence-corrected chi connectivity index (χ1v) is 5.74. The number of fused-ring (bicyclic) bond motifs is 1. The second-order valence-electron chi connectivity index (χ2n) is 3.21. The number of carboxylic acid groups (broad SMARTS) is 1. The topological polar surface area (TPSA) is 54.6 Å². The van der Waals surface area contributed by atoms with Crippen LogP contribution in [-0.2, 0) is 10.5 Å². The molecule has 2 heterocycles. The number of hydrogen-bond acceptors (Lipinski definition) is 3. The van der Waals surface area contributed by atoms with E-state index in [0.29, 0.717) is 11.4 Å². The fraction of sp³-hybridized carbons (Fsp3) is 0.200. The lowest BCUT2D eigenvalue weighted by Crippen LogP contribution is -1.98. The first kappa shape index (κ1) is 10.9. The van der Waals surface area contributed by atoms with Gasteiger partial charge in [-0.2, -0.15) is 0 Å². The van der Waals surface area contributed by atoms with E-state index >= 15 is 0 Å².